The molecule has 1 aromatic rings. The molecular weight excluding hydrogens is 250 g/mol. The molecular formula is C10H12ClNO3S. The summed E-state index contributed by atoms with van der Waals surface area (Å²) in [5.41, 5.74) is 0. The first-order valence-corrected chi connectivity index (χ1v) is 5.77. The Morgan fingerprint density at radius 2 is 2.50 bits per heavy atom. The van der Waals surface area contributed by atoms with E-state index in [1.807, 2.05) is 0 Å². The van der Waals surface area contributed by atoms with Gasteiger partial charge in [-0.05, 0) is 12.1 Å². The highest BCUT2D eigenvalue weighted by Crippen LogP contribution is 2.26. The van der Waals surface area contributed by atoms with Gasteiger partial charge in [-0.25, -0.2) is 4.79 Å². The Morgan fingerprint density at radius 3 is 3.06 bits per heavy atom. The lowest BCUT2D eigenvalue weighted by Crippen LogP contribution is -2.28. The van der Waals surface area contributed by atoms with Crippen molar-refractivity contribution in [3.8, 4) is 0 Å². The predicted molar refractivity (Wildman–Crippen MR) is 63.8 cm³/mol. The summed E-state index contributed by atoms with van der Waals surface area (Å²) in [5.74, 6) is 0. The van der Waals surface area contributed by atoms with Crippen LogP contribution in [0.2, 0.25) is 4.34 Å². The van der Waals surface area contributed by atoms with Crippen LogP contribution in [0.25, 0.3) is 0 Å². The maximum absolute atomic E-state index is 11.0. The van der Waals surface area contributed by atoms with Crippen LogP contribution in [-0.2, 0) is 4.74 Å². The van der Waals surface area contributed by atoms with Crippen molar-refractivity contribution in [2.75, 3.05) is 13.2 Å². The summed E-state index contributed by atoms with van der Waals surface area (Å²) in [7, 11) is 0. The van der Waals surface area contributed by atoms with Crippen LogP contribution in [-0.4, -0.2) is 24.4 Å². The van der Waals surface area contributed by atoms with Gasteiger partial charge in [0.05, 0.1) is 10.9 Å². The summed E-state index contributed by atoms with van der Waals surface area (Å²) in [4.78, 5) is 11.7. The fraction of sp³-hybridized carbons (Fsp3) is 0.300. The molecule has 4 nitrogen and oxygen atoms in total. The van der Waals surface area contributed by atoms with E-state index in [9.17, 15) is 9.90 Å². The molecule has 2 N–H and O–H groups in total. The maximum atomic E-state index is 11.0. The van der Waals surface area contributed by atoms with Crippen LogP contribution >= 0.6 is 22.9 Å². The summed E-state index contributed by atoms with van der Waals surface area (Å²) in [6.07, 6.45) is 0.116. The number of halogens is 1. The van der Waals surface area contributed by atoms with Crippen molar-refractivity contribution in [2.24, 2.45) is 0 Å². The summed E-state index contributed by atoms with van der Waals surface area (Å²) in [5, 5.41) is 12.1. The largest absolute Gasteiger partial charge is 0.445 e. The number of rotatable bonds is 5. The van der Waals surface area contributed by atoms with Gasteiger partial charge in [-0.15, -0.1) is 11.3 Å². The Morgan fingerprint density at radius 1 is 1.75 bits per heavy atom. The second kappa shape index (κ2) is 6.52. The van der Waals surface area contributed by atoms with Crippen LogP contribution in [0.5, 0.6) is 0 Å². The quantitative estimate of drug-likeness (QED) is 0.800. The van der Waals surface area contributed by atoms with E-state index in [0.717, 1.165) is 0 Å². The highest BCUT2D eigenvalue weighted by molar-refractivity contribution is 7.16. The number of thiophene rings is 1. The van der Waals surface area contributed by atoms with E-state index in [4.69, 9.17) is 11.6 Å². The van der Waals surface area contributed by atoms with Gasteiger partial charge in [-0.3, -0.25) is 0 Å². The minimum absolute atomic E-state index is 0.0901. The molecule has 0 saturated heterocycles. The van der Waals surface area contributed by atoms with Gasteiger partial charge in [0.25, 0.3) is 0 Å². The first kappa shape index (κ1) is 13.0. The molecule has 0 aromatic carbocycles. The number of carbonyl (C=O) groups excluding carboxylic acids is 1. The van der Waals surface area contributed by atoms with Crippen LogP contribution in [0.3, 0.4) is 0 Å². The Kier molecular flexibility index (Phi) is 5.31. The number of aliphatic hydroxyl groups excluding tert-OH is 1. The van der Waals surface area contributed by atoms with Gasteiger partial charge >= 0.3 is 6.09 Å². The topological polar surface area (TPSA) is 58.6 Å². The van der Waals surface area contributed by atoms with E-state index in [2.05, 4.69) is 16.6 Å². The van der Waals surface area contributed by atoms with Crippen molar-refractivity contribution in [1.29, 1.82) is 0 Å². The van der Waals surface area contributed by atoms with Crippen molar-refractivity contribution >= 4 is 29.0 Å². The molecule has 16 heavy (non-hydrogen) atoms. The van der Waals surface area contributed by atoms with E-state index in [-0.39, 0.29) is 13.2 Å². The Balaban J connectivity index is 2.32. The lowest BCUT2D eigenvalue weighted by Gasteiger charge is -2.09. The number of alkyl carbamates (subject to hydrolysis) is 1. The van der Waals surface area contributed by atoms with Crippen LogP contribution in [0.1, 0.15) is 11.0 Å². The van der Waals surface area contributed by atoms with Gasteiger partial charge in [0.2, 0.25) is 0 Å². The zero-order chi connectivity index (χ0) is 12.0. The molecule has 1 aromatic heterocycles. The third kappa shape index (κ3) is 4.22. The molecule has 0 aliphatic heterocycles. The second-order valence-electron chi connectivity index (χ2n) is 2.93. The summed E-state index contributed by atoms with van der Waals surface area (Å²) < 4.78 is 5.28. The summed E-state index contributed by atoms with van der Waals surface area (Å²) in [6.45, 7) is 3.65. The van der Waals surface area contributed by atoms with Crippen molar-refractivity contribution in [3.63, 3.8) is 0 Å². The number of aliphatic hydroxyl groups is 1. The van der Waals surface area contributed by atoms with Gasteiger partial charge in [-0.1, -0.05) is 24.3 Å². The normalized spacial score (nSPS) is 11.9. The van der Waals surface area contributed by atoms with E-state index < -0.39 is 12.2 Å². The molecule has 0 aliphatic carbocycles. The van der Waals surface area contributed by atoms with Crippen LogP contribution < -0.4 is 5.32 Å². The van der Waals surface area contributed by atoms with Crippen molar-refractivity contribution in [2.45, 2.75) is 6.10 Å². The smallest absolute Gasteiger partial charge is 0.407 e. The van der Waals surface area contributed by atoms with Crippen molar-refractivity contribution in [1.82, 2.24) is 5.32 Å². The predicted octanol–water partition coefficient (Wildman–Crippen LogP) is 2.35. The van der Waals surface area contributed by atoms with E-state index in [1.54, 1.807) is 12.1 Å². The molecule has 88 valence electrons. The first-order chi connectivity index (χ1) is 7.63. The molecule has 1 heterocycles. The maximum Gasteiger partial charge on any atom is 0.407 e. The number of amides is 1. The molecule has 1 amide bonds. The average molecular weight is 262 g/mol. The molecule has 0 bridgehead atoms. The molecule has 1 atom stereocenters. The number of carbonyl (C=O) groups is 1. The van der Waals surface area contributed by atoms with Crippen LogP contribution in [0.4, 0.5) is 4.79 Å². The third-order valence-corrected chi connectivity index (χ3v) is 3.03. The van der Waals surface area contributed by atoms with E-state index >= 15 is 0 Å². The molecule has 1 rings (SSSR count). The standard InChI is InChI=1S/C10H12ClNO3S/c1-2-5-15-10(14)12-6-7(13)8-3-4-9(11)16-8/h2-4,7,13H,1,5-6H2,(H,12,14). The fourth-order valence-electron chi connectivity index (χ4n) is 0.974. The molecule has 0 saturated carbocycles. The number of ether oxygens (including phenoxy) is 1. The van der Waals surface area contributed by atoms with Crippen LogP contribution in [0, 0.1) is 0 Å². The third-order valence-electron chi connectivity index (χ3n) is 1.69. The zero-order valence-electron chi connectivity index (χ0n) is 8.48. The molecule has 0 aliphatic rings. The van der Waals surface area contributed by atoms with Gasteiger partial charge in [0.1, 0.15) is 12.7 Å². The minimum atomic E-state index is -0.770. The number of nitrogens with one attached hydrogen (secondary N) is 1. The highest BCUT2D eigenvalue weighted by Gasteiger charge is 2.11. The van der Waals surface area contributed by atoms with Crippen molar-refractivity contribution in [3.05, 3.63) is 34.0 Å². The van der Waals surface area contributed by atoms with Gasteiger partial charge in [0.15, 0.2) is 0 Å². The minimum Gasteiger partial charge on any atom is -0.445 e. The average Bonchev–Trinajstić information content (AvgIpc) is 2.69. The summed E-state index contributed by atoms with van der Waals surface area (Å²) in [6, 6.07) is 3.41. The first-order valence-electron chi connectivity index (χ1n) is 4.58. The molecule has 1 unspecified atom stereocenters. The SMILES string of the molecule is C=CCOC(=O)NCC(O)c1ccc(Cl)s1. The van der Waals surface area contributed by atoms with E-state index in [0.29, 0.717) is 9.21 Å². The van der Waals surface area contributed by atoms with E-state index in [1.165, 1.54) is 17.4 Å². The van der Waals surface area contributed by atoms with Gasteiger partial charge in [0, 0.05) is 4.88 Å². The Hall–Kier alpha value is -1.04. The lowest BCUT2D eigenvalue weighted by molar-refractivity contribution is 0.140. The van der Waals surface area contributed by atoms with Gasteiger partial charge < -0.3 is 15.2 Å². The molecule has 6 heteroatoms. The lowest BCUT2D eigenvalue weighted by atomic mass is 10.3. The Bertz CT molecular complexity index is 367. The molecule has 0 fully saturated rings. The number of hydrogen-bond acceptors (Lipinski definition) is 4. The van der Waals surface area contributed by atoms with Crippen molar-refractivity contribution < 1.29 is 14.6 Å². The second-order valence-corrected chi connectivity index (χ2v) is 4.67. The fourth-order valence-corrected chi connectivity index (χ4v) is 2.02. The molecule has 0 radical (unpaired) electrons. The summed E-state index contributed by atoms with van der Waals surface area (Å²) >= 11 is 6.99. The number of hydrogen-bond donors (Lipinski definition) is 2. The Labute approximate surface area is 102 Å². The molecule has 0 spiro atoms. The van der Waals surface area contributed by atoms with Gasteiger partial charge in [-0.2, -0.15) is 0 Å². The monoisotopic (exact) mass is 261 g/mol. The van der Waals surface area contributed by atoms with Crippen LogP contribution in [0.15, 0.2) is 24.8 Å². The highest BCUT2D eigenvalue weighted by atomic mass is 35.5. The zero-order valence-corrected chi connectivity index (χ0v) is 10.1.